The largest absolute Gasteiger partial charge is 0.489 e. The molecule has 0 amide bonds. The fourth-order valence-corrected chi connectivity index (χ4v) is 3.15. The first-order valence-electron chi connectivity index (χ1n) is 9.46. The molecule has 0 aliphatic heterocycles. The molecular formula is C25H23NO2. The van der Waals surface area contributed by atoms with Gasteiger partial charge in [0.2, 0.25) is 0 Å². The van der Waals surface area contributed by atoms with Gasteiger partial charge in [-0.2, -0.15) is 0 Å². The SMILES string of the molecule is COCCc1ccc(OCc2ccc(-c3cc4ccccc4cn3)cc2)cc1. The van der Waals surface area contributed by atoms with E-state index in [4.69, 9.17) is 9.47 Å². The summed E-state index contributed by atoms with van der Waals surface area (Å²) in [5.74, 6) is 0.876. The van der Waals surface area contributed by atoms with E-state index in [0.29, 0.717) is 6.61 Å². The van der Waals surface area contributed by atoms with Gasteiger partial charge >= 0.3 is 0 Å². The van der Waals surface area contributed by atoms with Crippen LogP contribution in [0.1, 0.15) is 11.1 Å². The van der Waals surface area contributed by atoms with E-state index in [1.165, 1.54) is 10.9 Å². The molecule has 3 aromatic carbocycles. The minimum atomic E-state index is 0.544. The van der Waals surface area contributed by atoms with E-state index in [2.05, 4.69) is 65.6 Å². The van der Waals surface area contributed by atoms with Gasteiger partial charge in [0.05, 0.1) is 12.3 Å². The highest BCUT2D eigenvalue weighted by molar-refractivity contribution is 5.85. The van der Waals surface area contributed by atoms with Crippen molar-refractivity contribution in [3.63, 3.8) is 0 Å². The quantitative estimate of drug-likeness (QED) is 0.421. The third kappa shape index (κ3) is 4.38. The fraction of sp³-hybridized carbons (Fsp3) is 0.160. The summed E-state index contributed by atoms with van der Waals surface area (Å²) >= 11 is 0. The number of ether oxygens (including phenoxy) is 2. The molecule has 4 rings (SSSR count). The topological polar surface area (TPSA) is 31.4 Å². The van der Waals surface area contributed by atoms with Crippen molar-refractivity contribution in [3.8, 4) is 17.0 Å². The fourth-order valence-electron chi connectivity index (χ4n) is 3.15. The average Bonchev–Trinajstić information content (AvgIpc) is 2.77. The number of benzene rings is 3. The predicted molar refractivity (Wildman–Crippen MR) is 114 cm³/mol. The van der Waals surface area contributed by atoms with Gasteiger partial charge in [0.25, 0.3) is 0 Å². The van der Waals surface area contributed by atoms with Crippen molar-refractivity contribution in [2.24, 2.45) is 0 Å². The van der Waals surface area contributed by atoms with Crippen LogP contribution in [0, 0.1) is 0 Å². The van der Waals surface area contributed by atoms with Crippen molar-refractivity contribution in [1.82, 2.24) is 4.98 Å². The third-order valence-electron chi connectivity index (χ3n) is 4.80. The first-order valence-corrected chi connectivity index (χ1v) is 9.46. The number of hydrogen-bond donors (Lipinski definition) is 0. The van der Waals surface area contributed by atoms with Crippen LogP contribution in [0.15, 0.2) is 85.1 Å². The lowest BCUT2D eigenvalue weighted by molar-refractivity contribution is 0.202. The molecule has 0 bridgehead atoms. The average molecular weight is 369 g/mol. The Kier molecular flexibility index (Phi) is 5.64. The summed E-state index contributed by atoms with van der Waals surface area (Å²) in [4.78, 5) is 4.59. The van der Waals surface area contributed by atoms with Crippen LogP contribution in [0.2, 0.25) is 0 Å². The maximum absolute atomic E-state index is 5.91. The molecule has 0 atom stereocenters. The van der Waals surface area contributed by atoms with Gasteiger partial charge in [-0.1, -0.05) is 60.7 Å². The monoisotopic (exact) mass is 369 g/mol. The van der Waals surface area contributed by atoms with Gasteiger partial charge in [0.15, 0.2) is 0 Å². The summed E-state index contributed by atoms with van der Waals surface area (Å²) in [6.45, 7) is 1.28. The molecule has 3 nitrogen and oxygen atoms in total. The van der Waals surface area contributed by atoms with E-state index in [0.717, 1.165) is 41.0 Å². The Morgan fingerprint density at radius 3 is 2.25 bits per heavy atom. The van der Waals surface area contributed by atoms with Crippen molar-refractivity contribution < 1.29 is 9.47 Å². The Labute approximate surface area is 165 Å². The van der Waals surface area contributed by atoms with Gasteiger partial charge in [-0.05, 0) is 41.1 Å². The molecule has 4 aromatic rings. The lowest BCUT2D eigenvalue weighted by Gasteiger charge is -2.09. The molecule has 1 aromatic heterocycles. The summed E-state index contributed by atoms with van der Waals surface area (Å²) in [6.07, 6.45) is 2.85. The van der Waals surface area contributed by atoms with Gasteiger partial charge in [-0.3, -0.25) is 4.98 Å². The van der Waals surface area contributed by atoms with E-state index in [-0.39, 0.29) is 0 Å². The summed E-state index contributed by atoms with van der Waals surface area (Å²) in [7, 11) is 1.72. The number of methoxy groups -OCH3 is 1. The molecule has 0 saturated carbocycles. The highest BCUT2D eigenvalue weighted by atomic mass is 16.5. The van der Waals surface area contributed by atoms with E-state index in [1.807, 2.05) is 24.4 Å². The molecule has 0 aliphatic carbocycles. The van der Waals surface area contributed by atoms with Crippen molar-refractivity contribution in [1.29, 1.82) is 0 Å². The Morgan fingerprint density at radius 2 is 1.50 bits per heavy atom. The molecule has 28 heavy (non-hydrogen) atoms. The number of rotatable bonds is 7. The number of pyridine rings is 1. The molecule has 0 saturated heterocycles. The van der Waals surface area contributed by atoms with Gasteiger partial charge in [0.1, 0.15) is 12.4 Å². The first-order chi connectivity index (χ1) is 13.8. The molecule has 1 heterocycles. The third-order valence-corrected chi connectivity index (χ3v) is 4.80. The molecule has 140 valence electrons. The summed E-state index contributed by atoms with van der Waals surface area (Å²) in [6, 6.07) is 27.0. The van der Waals surface area contributed by atoms with Crippen LogP contribution in [0.4, 0.5) is 0 Å². The highest BCUT2D eigenvalue weighted by Gasteiger charge is 2.03. The summed E-state index contributed by atoms with van der Waals surface area (Å²) < 4.78 is 11.0. The smallest absolute Gasteiger partial charge is 0.119 e. The molecule has 0 unspecified atom stereocenters. The second kappa shape index (κ2) is 8.68. The molecule has 0 radical (unpaired) electrons. The van der Waals surface area contributed by atoms with Crippen molar-refractivity contribution >= 4 is 10.8 Å². The van der Waals surface area contributed by atoms with Gasteiger partial charge in [0, 0.05) is 24.3 Å². The number of aromatic nitrogens is 1. The van der Waals surface area contributed by atoms with Gasteiger partial charge < -0.3 is 9.47 Å². The summed E-state index contributed by atoms with van der Waals surface area (Å²) in [5, 5.41) is 2.36. The minimum Gasteiger partial charge on any atom is -0.489 e. The number of hydrogen-bond acceptors (Lipinski definition) is 3. The van der Waals surface area contributed by atoms with Crippen LogP contribution < -0.4 is 4.74 Å². The van der Waals surface area contributed by atoms with Crippen LogP contribution in [-0.2, 0) is 17.8 Å². The van der Waals surface area contributed by atoms with E-state index in [1.54, 1.807) is 7.11 Å². The Bertz CT molecular complexity index is 1040. The Morgan fingerprint density at radius 1 is 0.786 bits per heavy atom. The second-order valence-electron chi connectivity index (χ2n) is 6.79. The Hall–Kier alpha value is -3.17. The lowest BCUT2D eigenvalue weighted by atomic mass is 10.1. The number of nitrogens with zero attached hydrogens (tertiary/aromatic N) is 1. The minimum absolute atomic E-state index is 0.544. The van der Waals surface area contributed by atoms with E-state index >= 15 is 0 Å². The maximum Gasteiger partial charge on any atom is 0.119 e. The van der Waals surface area contributed by atoms with Crippen LogP contribution in [0.3, 0.4) is 0 Å². The molecule has 0 spiro atoms. The zero-order valence-corrected chi connectivity index (χ0v) is 16.0. The second-order valence-corrected chi connectivity index (χ2v) is 6.79. The standard InChI is InChI=1S/C25H23NO2/c1-27-15-14-19-8-12-24(13-9-19)28-18-20-6-10-21(11-7-20)25-16-22-4-2-3-5-23(22)17-26-25/h2-13,16-17H,14-15,18H2,1H3. The van der Waals surface area contributed by atoms with Crippen molar-refractivity contribution in [3.05, 3.63) is 96.2 Å². The molecule has 3 heteroatoms. The molecular weight excluding hydrogens is 346 g/mol. The molecule has 0 N–H and O–H groups in total. The molecule has 0 fully saturated rings. The first kappa shape index (κ1) is 18.2. The van der Waals surface area contributed by atoms with Crippen LogP contribution in [0.25, 0.3) is 22.0 Å². The Balaban J connectivity index is 1.40. The maximum atomic E-state index is 5.91. The van der Waals surface area contributed by atoms with E-state index < -0.39 is 0 Å². The highest BCUT2D eigenvalue weighted by Crippen LogP contribution is 2.23. The number of fused-ring (bicyclic) bond motifs is 1. The zero-order chi connectivity index (χ0) is 19.2. The normalized spacial score (nSPS) is 10.9. The van der Waals surface area contributed by atoms with Crippen LogP contribution >= 0.6 is 0 Å². The van der Waals surface area contributed by atoms with Crippen LogP contribution in [-0.4, -0.2) is 18.7 Å². The van der Waals surface area contributed by atoms with Crippen molar-refractivity contribution in [2.75, 3.05) is 13.7 Å². The predicted octanol–water partition coefficient (Wildman–Crippen LogP) is 5.67. The summed E-state index contributed by atoms with van der Waals surface area (Å²) in [5.41, 5.74) is 4.48. The van der Waals surface area contributed by atoms with Gasteiger partial charge in [-0.15, -0.1) is 0 Å². The molecule has 0 aliphatic rings. The van der Waals surface area contributed by atoms with Gasteiger partial charge in [-0.25, -0.2) is 0 Å². The lowest BCUT2D eigenvalue weighted by Crippen LogP contribution is -1.97. The van der Waals surface area contributed by atoms with Crippen molar-refractivity contribution in [2.45, 2.75) is 13.0 Å². The zero-order valence-electron chi connectivity index (χ0n) is 16.0. The van der Waals surface area contributed by atoms with Crippen LogP contribution in [0.5, 0.6) is 5.75 Å². The van der Waals surface area contributed by atoms with E-state index in [9.17, 15) is 0 Å².